The molecule has 0 heterocycles. The van der Waals surface area contributed by atoms with Crippen molar-refractivity contribution in [1.82, 2.24) is 4.90 Å². The van der Waals surface area contributed by atoms with Crippen molar-refractivity contribution in [1.29, 1.82) is 0 Å². The first kappa shape index (κ1) is 28.1. The molecule has 2 aromatic carbocycles. The summed E-state index contributed by atoms with van der Waals surface area (Å²) in [5.41, 5.74) is 1.77. The van der Waals surface area contributed by atoms with Crippen LogP contribution in [-0.2, 0) is 32.0 Å². The summed E-state index contributed by atoms with van der Waals surface area (Å²) in [6.45, 7) is 6.84. The lowest BCUT2D eigenvalue weighted by Crippen LogP contribution is -2.36. The highest BCUT2D eigenvalue weighted by atomic mass is 16.6. The molecule has 0 saturated carbocycles. The van der Waals surface area contributed by atoms with Crippen LogP contribution in [0.2, 0.25) is 0 Å². The van der Waals surface area contributed by atoms with Crippen molar-refractivity contribution >= 4 is 12.1 Å². The Hall–Kier alpha value is -3.10. The molecular weight excluding hydrogens is 450 g/mol. The molecule has 2 rings (SSSR count). The largest absolute Gasteiger partial charge is 0.492 e. The van der Waals surface area contributed by atoms with E-state index in [0.717, 1.165) is 17.5 Å². The first-order valence-electron chi connectivity index (χ1n) is 12.1. The number of carboxylic acids is 1. The predicted octanol–water partition coefficient (Wildman–Crippen LogP) is 4.55. The fourth-order valence-electron chi connectivity index (χ4n) is 3.34. The lowest BCUT2D eigenvalue weighted by atomic mass is 10.1. The number of nitrogens with zero attached hydrogens (tertiary/aromatic N) is 1. The Morgan fingerprint density at radius 3 is 2.31 bits per heavy atom. The molecule has 0 aliphatic rings. The van der Waals surface area contributed by atoms with Crippen LogP contribution in [0.1, 0.15) is 37.8 Å². The first-order chi connectivity index (χ1) is 17.0. The summed E-state index contributed by atoms with van der Waals surface area (Å²) in [5, 5.41) is 9.24. The molecule has 0 bridgehead atoms. The molecule has 0 aliphatic heterocycles. The van der Waals surface area contributed by atoms with Gasteiger partial charge in [-0.25, -0.2) is 9.59 Å². The molecule has 35 heavy (non-hydrogen) atoms. The maximum Gasteiger partial charge on any atom is 0.410 e. The molecule has 8 nitrogen and oxygen atoms in total. The van der Waals surface area contributed by atoms with Crippen molar-refractivity contribution < 1.29 is 33.6 Å². The van der Waals surface area contributed by atoms with Crippen LogP contribution in [0.25, 0.3) is 0 Å². The number of aliphatic carboxylic acids is 1. The van der Waals surface area contributed by atoms with Crippen molar-refractivity contribution in [3.63, 3.8) is 0 Å². The van der Waals surface area contributed by atoms with Crippen molar-refractivity contribution in [3.8, 4) is 5.75 Å². The Labute approximate surface area is 207 Å². The second-order valence-corrected chi connectivity index (χ2v) is 7.97. The fourth-order valence-corrected chi connectivity index (χ4v) is 3.34. The molecule has 1 amide bonds. The number of rotatable bonds is 17. The van der Waals surface area contributed by atoms with E-state index in [1.165, 1.54) is 0 Å². The second-order valence-electron chi connectivity index (χ2n) is 7.97. The maximum absolute atomic E-state index is 12.7. The smallest absolute Gasteiger partial charge is 0.410 e. The molecule has 2 aromatic rings. The summed E-state index contributed by atoms with van der Waals surface area (Å²) in [4.78, 5) is 25.6. The van der Waals surface area contributed by atoms with Crippen molar-refractivity contribution in [2.24, 2.45) is 0 Å². The highest BCUT2D eigenvalue weighted by Crippen LogP contribution is 2.15. The van der Waals surface area contributed by atoms with Crippen molar-refractivity contribution in [2.75, 3.05) is 39.5 Å². The second kappa shape index (κ2) is 16.5. The highest BCUT2D eigenvalue weighted by molar-refractivity contribution is 5.72. The van der Waals surface area contributed by atoms with Gasteiger partial charge in [-0.3, -0.25) is 0 Å². The number of hydrogen-bond acceptors (Lipinski definition) is 6. The lowest BCUT2D eigenvalue weighted by molar-refractivity contribution is -0.149. The van der Waals surface area contributed by atoms with E-state index in [1.54, 1.807) is 24.0 Å². The van der Waals surface area contributed by atoms with Gasteiger partial charge < -0.3 is 29.0 Å². The minimum absolute atomic E-state index is 0.212. The lowest BCUT2D eigenvalue weighted by Gasteiger charge is -2.22. The van der Waals surface area contributed by atoms with Crippen LogP contribution in [-0.4, -0.2) is 67.7 Å². The average Bonchev–Trinajstić information content (AvgIpc) is 2.87. The number of carbonyl (C=O) groups is 2. The van der Waals surface area contributed by atoms with E-state index in [-0.39, 0.29) is 19.1 Å². The Balaban J connectivity index is 1.85. The number of amides is 1. The van der Waals surface area contributed by atoms with Gasteiger partial charge in [0.2, 0.25) is 0 Å². The quantitative estimate of drug-likeness (QED) is 0.327. The highest BCUT2D eigenvalue weighted by Gasteiger charge is 2.18. The van der Waals surface area contributed by atoms with E-state index >= 15 is 0 Å². The third-order valence-electron chi connectivity index (χ3n) is 5.15. The Kier molecular flexibility index (Phi) is 13.3. The third-order valence-corrected chi connectivity index (χ3v) is 5.15. The van der Waals surface area contributed by atoms with E-state index in [4.69, 9.17) is 18.9 Å². The van der Waals surface area contributed by atoms with Gasteiger partial charge in [-0.15, -0.1) is 0 Å². The number of carboxylic acid groups (broad SMARTS) is 1. The van der Waals surface area contributed by atoms with Crippen molar-refractivity contribution in [2.45, 2.75) is 45.8 Å². The van der Waals surface area contributed by atoms with Gasteiger partial charge in [-0.05, 0) is 43.0 Å². The van der Waals surface area contributed by atoms with Crippen LogP contribution in [0.5, 0.6) is 5.75 Å². The monoisotopic (exact) mass is 487 g/mol. The molecule has 0 fully saturated rings. The molecule has 1 N–H and O–H groups in total. The molecule has 192 valence electrons. The summed E-state index contributed by atoms with van der Waals surface area (Å²) in [6.07, 6.45) is 0.685. The van der Waals surface area contributed by atoms with Crippen molar-refractivity contribution in [3.05, 3.63) is 65.7 Å². The van der Waals surface area contributed by atoms with Gasteiger partial charge in [-0.1, -0.05) is 49.4 Å². The van der Waals surface area contributed by atoms with E-state index in [9.17, 15) is 14.7 Å². The minimum atomic E-state index is -0.980. The number of benzene rings is 2. The summed E-state index contributed by atoms with van der Waals surface area (Å²) in [6, 6.07) is 16.8. The maximum atomic E-state index is 12.7. The standard InChI is InChI=1S/C27H37NO7/c1-3-17-32-18-8-15-28(27(31)35-21-23-9-6-5-7-10-23)16-19-34-24-13-11-22(12-14-24)20-25(26(29)30)33-4-2/h5-7,9-14,25H,3-4,8,15-21H2,1-2H3,(H,29,30). The molecule has 1 atom stereocenters. The van der Waals surface area contributed by atoms with E-state index in [2.05, 4.69) is 6.92 Å². The number of ether oxygens (including phenoxy) is 4. The fraction of sp³-hybridized carbons (Fsp3) is 0.481. The number of carbonyl (C=O) groups excluding carboxylic acids is 1. The molecule has 0 radical (unpaired) electrons. The minimum Gasteiger partial charge on any atom is -0.492 e. The van der Waals surface area contributed by atoms with E-state index in [1.807, 2.05) is 42.5 Å². The van der Waals surface area contributed by atoms with Gasteiger partial charge in [0.1, 0.15) is 19.0 Å². The normalized spacial score (nSPS) is 11.6. The summed E-state index contributed by atoms with van der Waals surface area (Å²) in [7, 11) is 0. The van der Waals surface area contributed by atoms with Crippen LogP contribution < -0.4 is 4.74 Å². The van der Waals surface area contributed by atoms with Gasteiger partial charge in [0, 0.05) is 32.8 Å². The zero-order valence-electron chi connectivity index (χ0n) is 20.7. The molecule has 0 spiro atoms. The number of hydrogen-bond donors (Lipinski definition) is 1. The molecule has 8 heteroatoms. The topological polar surface area (TPSA) is 94.5 Å². The first-order valence-corrected chi connectivity index (χ1v) is 12.1. The predicted molar refractivity (Wildman–Crippen MR) is 133 cm³/mol. The summed E-state index contributed by atoms with van der Waals surface area (Å²) < 4.78 is 22.1. The Morgan fingerprint density at radius 2 is 1.66 bits per heavy atom. The Morgan fingerprint density at radius 1 is 0.914 bits per heavy atom. The third kappa shape index (κ3) is 11.2. The zero-order valence-corrected chi connectivity index (χ0v) is 20.7. The zero-order chi connectivity index (χ0) is 25.3. The SMILES string of the molecule is CCCOCCCN(CCOc1ccc(CC(OCC)C(=O)O)cc1)C(=O)OCc1ccccc1. The van der Waals surface area contributed by atoms with E-state index < -0.39 is 12.1 Å². The van der Waals surface area contributed by atoms with Crippen LogP contribution >= 0.6 is 0 Å². The van der Waals surface area contributed by atoms with Gasteiger partial charge in [0.05, 0.1) is 6.54 Å². The molecule has 0 saturated heterocycles. The van der Waals surface area contributed by atoms with Gasteiger partial charge in [0.25, 0.3) is 0 Å². The Bertz CT molecular complexity index is 858. The summed E-state index contributed by atoms with van der Waals surface area (Å²) >= 11 is 0. The molecular formula is C27H37NO7. The van der Waals surface area contributed by atoms with E-state index in [0.29, 0.717) is 51.7 Å². The average molecular weight is 488 g/mol. The van der Waals surface area contributed by atoms with Gasteiger partial charge >= 0.3 is 12.1 Å². The van der Waals surface area contributed by atoms with Gasteiger partial charge in [-0.2, -0.15) is 0 Å². The molecule has 1 unspecified atom stereocenters. The van der Waals surface area contributed by atoms with Crippen LogP contribution in [0, 0.1) is 0 Å². The van der Waals surface area contributed by atoms with Crippen LogP contribution in [0.4, 0.5) is 4.79 Å². The molecule has 0 aromatic heterocycles. The van der Waals surface area contributed by atoms with Crippen LogP contribution in [0.15, 0.2) is 54.6 Å². The van der Waals surface area contributed by atoms with Gasteiger partial charge in [0.15, 0.2) is 6.10 Å². The van der Waals surface area contributed by atoms with Crippen LogP contribution in [0.3, 0.4) is 0 Å². The summed E-state index contributed by atoms with van der Waals surface area (Å²) in [5.74, 6) is -0.340. The molecule has 0 aliphatic carbocycles.